The second kappa shape index (κ2) is 7.79. The van der Waals surface area contributed by atoms with Gasteiger partial charge in [0.1, 0.15) is 5.75 Å². The summed E-state index contributed by atoms with van der Waals surface area (Å²) in [7, 11) is 0. The number of hydrogen-bond acceptors (Lipinski definition) is 4. The molecule has 0 bridgehead atoms. The Balaban J connectivity index is 1.78. The van der Waals surface area contributed by atoms with Crippen molar-refractivity contribution in [3.05, 3.63) is 29.3 Å². The SMILES string of the molecule is Cc1cc(C)cc(OCC(=O)NCC(C)(C)N2CCOCC2)c1. The van der Waals surface area contributed by atoms with Crippen LogP contribution in [-0.2, 0) is 9.53 Å². The standard InChI is InChI=1S/C18H28N2O3/c1-14-9-15(2)11-16(10-14)23-12-17(21)19-13-18(3,4)20-5-7-22-8-6-20/h9-11H,5-8,12-13H2,1-4H3,(H,19,21). The van der Waals surface area contributed by atoms with Crippen molar-refractivity contribution in [2.24, 2.45) is 0 Å². The lowest BCUT2D eigenvalue weighted by molar-refractivity contribution is -0.123. The number of amides is 1. The Morgan fingerprint density at radius 1 is 1.22 bits per heavy atom. The van der Waals surface area contributed by atoms with Gasteiger partial charge < -0.3 is 14.8 Å². The highest BCUT2D eigenvalue weighted by Gasteiger charge is 2.28. The van der Waals surface area contributed by atoms with Gasteiger partial charge in [-0.05, 0) is 51.0 Å². The second-order valence-corrected chi connectivity index (χ2v) is 6.80. The molecule has 0 aromatic heterocycles. The van der Waals surface area contributed by atoms with Crippen LogP contribution in [0.25, 0.3) is 0 Å². The predicted molar refractivity (Wildman–Crippen MR) is 90.9 cm³/mol. The van der Waals surface area contributed by atoms with E-state index >= 15 is 0 Å². The lowest BCUT2D eigenvalue weighted by Crippen LogP contribution is -2.55. The molecule has 128 valence electrons. The van der Waals surface area contributed by atoms with Crippen LogP contribution < -0.4 is 10.1 Å². The largest absolute Gasteiger partial charge is 0.484 e. The first-order valence-electron chi connectivity index (χ1n) is 8.17. The first-order chi connectivity index (χ1) is 10.9. The zero-order chi connectivity index (χ0) is 16.9. The first kappa shape index (κ1) is 17.8. The highest BCUT2D eigenvalue weighted by molar-refractivity contribution is 5.77. The third-order valence-corrected chi connectivity index (χ3v) is 4.15. The normalized spacial score (nSPS) is 16.2. The molecule has 0 atom stereocenters. The van der Waals surface area contributed by atoms with Gasteiger partial charge in [-0.2, -0.15) is 0 Å². The minimum Gasteiger partial charge on any atom is -0.484 e. The van der Waals surface area contributed by atoms with Crippen molar-refractivity contribution in [2.75, 3.05) is 39.5 Å². The van der Waals surface area contributed by atoms with Crippen LogP contribution in [0.4, 0.5) is 0 Å². The minimum absolute atomic E-state index is 0.0437. The summed E-state index contributed by atoms with van der Waals surface area (Å²) in [6.07, 6.45) is 0. The maximum Gasteiger partial charge on any atom is 0.258 e. The Labute approximate surface area is 139 Å². The zero-order valence-electron chi connectivity index (χ0n) is 14.6. The van der Waals surface area contributed by atoms with E-state index in [-0.39, 0.29) is 18.1 Å². The molecule has 0 aliphatic carbocycles. The third-order valence-electron chi connectivity index (χ3n) is 4.15. The van der Waals surface area contributed by atoms with Crippen molar-refractivity contribution >= 4 is 5.91 Å². The number of hydrogen-bond donors (Lipinski definition) is 1. The molecule has 0 spiro atoms. The highest BCUT2D eigenvalue weighted by Crippen LogP contribution is 2.17. The maximum absolute atomic E-state index is 12.0. The van der Waals surface area contributed by atoms with E-state index in [9.17, 15) is 4.79 Å². The molecule has 1 aromatic carbocycles. The first-order valence-corrected chi connectivity index (χ1v) is 8.17. The summed E-state index contributed by atoms with van der Waals surface area (Å²) in [4.78, 5) is 14.4. The van der Waals surface area contributed by atoms with Gasteiger partial charge in [-0.15, -0.1) is 0 Å². The number of nitrogens with zero attached hydrogens (tertiary/aromatic N) is 1. The summed E-state index contributed by atoms with van der Waals surface area (Å²) < 4.78 is 11.0. The van der Waals surface area contributed by atoms with Gasteiger partial charge in [0, 0.05) is 25.2 Å². The topological polar surface area (TPSA) is 50.8 Å². The Morgan fingerprint density at radius 3 is 2.43 bits per heavy atom. The highest BCUT2D eigenvalue weighted by atomic mass is 16.5. The lowest BCUT2D eigenvalue weighted by atomic mass is 10.0. The van der Waals surface area contributed by atoms with E-state index in [0.717, 1.165) is 43.2 Å². The molecule has 1 N–H and O–H groups in total. The Kier molecular flexibility index (Phi) is 6.02. The summed E-state index contributed by atoms with van der Waals surface area (Å²) in [6.45, 7) is 12.3. The summed E-state index contributed by atoms with van der Waals surface area (Å²) >= 11 is 0. The lowest BCUT2D eigenvalue weighted by Gasteiger charge is -2.40. The van der Waals surface area contributed by atoms with E-state index in [0.29, 0.717) is 6.54 Å². The summed E-state index contributed by atoms with van der Waals surface area (Å²) in [6, 6.07) is 5.97. The van der Waals surface area contributed by atoms with Crippen molar-refractivity contribution < 1.29 is 14.3 Å². The number of nitrogens with one attached hydrogen (secondary N) is 1. The number of morpholine rings is 1. The summed E-state index contributed by atoms with van der Waals surface area (Å²) in [5, 5.41) is 2.97. The molecular formula is C18H28N2O3. The van der Waals surface area contributed by atoms with Gasteiger partial charge in [0.05, 0.1) is 13.2 Å². The molecule has 1 heterocycles. The van der Waals surface area contributed by atoms with Gasteiger partial charge in [0.2, 0.25) is 0 Å². The fraction of sp³-hybridized carbons (Fsp3) is 0.611. The molecule has 0 radical (unpaired) electrons. The monoisotopic (exact) mass is 320 g/mol. The van der Waals surface area contributed by atoms with Crippen LogP contribution in [0.5, 0.6) is 5.75 Å². The maximum atomic E-state index is 12.0. The summed E-state index contributed by atoms with van der Waals surface area (Å²) in [5.74, 6) is 0.649. The molecule has 5 nitrogen and oxygen atoms in total. The molecule has 1 saturated heterocycles. The molecule has 2 rings (SSSR count). The Morgan fingerprint density at radius 2 is 1.83 bits per heavy atom. The Hall–Kier alpha value is -1.59. The van der Waals surface area contributed by atoms with E-state index in [2.05, 4.69) is 30.1 Å². The van der Waals surface area contributed by atoms with Crippen molar-refractivity contribution in [1.82, 2.24) is 10.2 Å². The number of ether oxygens (including phenoxy) is 2. The molecule has 1 fully saturated rings. The van der Waals surface area contributed by atoms with Crippen molar-refractivity contribution in [1.29, 1.82) is 0 Å². The number of carbonyl (C=O) groups is 1. The third kappa shape index (κ3) is 5.52. The molecule has 0 saturated carbocycles. The minimum atomic E-state index is -0.0921. The van der Waals surface area contributed by atoms with Crippen molar-refractivity contribution in [2.45, 2.75) is 33.2 Å². The number of aryl methyl sites for hydroxylation is 2. The van der Waals surface area contributed by atoms with E-state index in [4.69, 9.17) is 9.47 Å². The average Bonchev–Trinajstić information content (AvgIpc) is 2.51. The second-order valence-electron chi connectivity index (χ2n) is 6.80. The molecule has 1 aliphatic rings. The van der Waals surface area contributed by atoms with E-state index in [1.54, 1.807) is 0 Å². The van der Waals surface area contributed by atoms with Crippen LogP contribution in [0.1, 0.15) is 25.0 Å². The van der Waals surface area contributed by atoms with Crippen LogP contribution in [0, 0.1) is 13.8 Å². The van der Waals surface area contributed by atoms with Gasteiger partial charge in [0.25, 0.3) is 5.91 Å². The fourth-order valence-electron chi connectivity index (χ4n) is 2.81. The molecular weight excluding hydrogens is 292 g/mol. The van der Waals surface area contributed by atoms with Crippen LogP contribution >= 0.6 is 0 Å². The zero-order valence-corrected chi connectivity index (χ0v) is 14.6. The average molecular weight is 320 g/mol. The van der Waals surface area contributed by atoms with Crippen LogP contribution in [0.3, 0.4) is 0 Å². The van der Waals surface area contributed by atoms with Crippen molar-refractivity contribution in [3.8, 4) is 5.75 Å². The predicted octanol–water partition coefficient (Wildman–Crippen LogP) is 1.91. The quantitative estimate of drug-likeness (QED) is 0.870. The molecule has 1 aliphatic heterocycles. The van der Waals surface area contributed by atoms with E-state index < -0.39 is 0 Å². The summed E-state index contributed by atoms with van der Waals surface area (Å²) in [5.41, 5.74) is 2.18. The smallest absolute Gasteiger partial charge is 0.258 e. The van der Waals surface area contributed by atoms with Gasteiger partial charge in [-0.1, -0.05) is 6.07 Å². The van der Waals surface area contributed by atoms with Gasteiger partial charge in [-0.25, -0.2) is 0 Å². The number of benzene rings is 1. The number of rotatable bonds is 6. The molecule has 1 aromatic rings. The van der Waals surface area contributed by atoms with Crippen molar-refractivity contribution in [3.63, 3.8) is 0 Å². The fourth-order valence-corrected chi connectivity index (χ4v) is 2.81. The van der Waals surface area contributed by atoms with Crippen LogP contribution in [0.15, 0.2) is 18.2 Å². The molecule has 23 heavy (non-hydrogen) atoms. The van der Waals surface area contributed by atoms with E-state index in [1.165, 1.54) is 0 Å². The molecule has 1 amide bonds. The Bertz CT molecular complexity index is 517. The molecule has 5 heteroatoms. The van der Waals surface area contributed by atoms with Gasteiger partial charge in [-0.3, -0.25) is 9.69 Å². The molecule has 0 unspecified atom stereocenters. The van der Waals surface area contributed by atoms with Crippen LogP contribution in [-0.4, -0.2) is 55.8 Å². The van der Waals surface area contributed by atoms with E-state index in [1.807, 2.05) is 26.0 Å². The number of carbonyl (C=O) groups excluding carboxylic acids is 1. The van der Waals surface area contributed by atoms with Gasteiger partial charge in [0.15, 0.2) is 6.61 Å². The van der Waals surface area contributed by atoms with Crippen LogP contribution in [0.2, 0.25) is 0 Å². The van der Waals surface area contributed by atoms with Gasteiger partial charge >= 0.3 is 0 Å².